The van der Waals surface area contributed by atoms with E-state index in [0.29, 0.717) is 25.9 Å². The van der Waals surface area contributed by atoms with E-state index in [-0.39, 0.29) is 24.2 Å². The van der Waals surface area contributed by atoms with Gasteiger partial charge in [-0.25, -0.2) is 0 Å². The van der Waals surface area contributed by atoms with Gasteiger partial charge < -0.3 is 20.5 Å². The molecular weight excluding hydrogens is 328 g/mol. The molecule has 1 aliphatic heterocycles. The van der Waals surface area contributed by atoms with Crippen LogP contribution in [0.2, 0.25) is 0 Å². The van der Waals surface area contributed by atoms with Gasteiger partial charge in [0.25, 0.3) is 0 Å². The Balaban J connectivity index is 0.00000208. The van der Waals surface area contributed by atoms with Crippen LogP contribution >= 0.6 is 12.4 Å². The molecule has 0 radical (unpaired) electrons. The quantitative estimate of drug-likeness (QED) is 0.822. The first-order chi connectivity index (χ1) is 11.2. The van der Waals surface area contributed by atoms with Crippen LogP contribution in [0.15, 0.2) is 24.3 Å². The fourth-order valence-electron chi connectivity index (χ4n) is 3.02. The number of hydrogen-bond donors (Lipinski definition) is 2. The molecule has 1 aromatic rings. The summed E-state index contributed by atoms with van der Waals surface area (Å²) in [6.07, 6.45) is 5.52. The van der Waals surface area contributed by atoms with Gasteiger partial charge in [0, 0.05) is 25.3 Å². The van der Waals surface area contributed by atoms with Gasteiger partial charge in [-0.2, -0.15) is 0 Å². The Morgan fingerprint density at radius 2 is 1.96 bits per heavy atom. The third-order valence-electron chi connectivity index (χ3n) is 4.85. The van der Waals surface area contributed by atoms with Crippen LogP contribution < -0.4 is 15.8 Å². The van der Waals surface area contributed by atoms with Crippen molar-refractivity contribution >= 4 is 18.3 Å². The molecule has 1 saturated carbocycles. The van der Waals surface area contributed by atoms with Crippen LogP contribution in [0.4, 0.5) is 0 Å². The van der Waals surface area contributed by atoms with Crippen LogP contribution in [-0.2, 0) is 16.1 Å². The van der Waals surface area contributed by atoms with Crippen molar-refractivity contribution in [2.24, 2.45) is 11.7 Å². The predicted molar refractivity (Wildman–Crippen MR) is 95.3 cm³/mol. The zero-order valence-electron chi connectivity index (χ0n) is 13.9. The molecule has 1 atom stereocenters. The maximum Gasteiger partial charge on any atom is 0.237 e. The van der Waals surface area contributed by atoms with Crippen molar-refractivity contribution in [3.8, 4) is 5.75 Å². The minimum absolute atomic E-state index is 0. The van der Waals surface area contributed by atoms with Crippen molar-refractivity contribution in [2.45, 2.75) is 50.8 Å². The highest BCUT2D eigenvalue weighted by Gasteiger charge is 2.26. The topological polar surface area (TPSA) is 73.6 Å². The molecule has 1 aromatic carbocycles. The fourth-order valence-corrected chi connectivity index (χ4v) is 3.02. The molecule has 5 nitrogen and oxygen atoms in total. The summed E-state index contributed by atoms with van der Waals surface area (Å²) in [6.45, 7) is 1.85. The van der Waals surface area contributed by atoms with Crippen LogP contribution in [0.25, 0.3) is 0 Å². The van der Waals surface area contributed by atoms with Gasteiger partial charge in [0.05, 0.1) is 12.1 Å². The summed E-state index contributed by atoms with van der Waals surface area (Å²) in [4.78, 5) is 12.3. The second kappa shape index (κ2) is 9.25. The number of hydrogen-bond acceptors (Lipinski definition) is 4. The molecule has 1 heterocycles. The molecule has 0 aromatic heterocycles. The number of nitrogens with one attached hydrogen (secondary N) is 1. The maximum absolute atomic E-state index is 12.3. The van der Waals surface area contributed by atoms with E-state index < -0.39 is 6.04 Å². The molecule has 2 fully saturated rings. The SMILES string of the molecule is Cl.NC(C(=O)NCc1ccccc1OC1CCC1)C1CCOCC1. The summed E-state index contributed by atoms with van der Waals surface area (Å²) in [6, 6.07) is 7.44. The second-order valence-electron chi connectivity index (χ2n) is 6.47. The van der Waals surface area contributed by atoms with E-state index in [1.165, 1.54) is 6.42 Å². The van der Waals surface area contributed by atoms with E-state index >= 15 is 0 Å². The summed E-state index contributed by atoms with van der Waals surface area (Å²) in [5.41, 5.74) is 7.11. The van der Waals surface area contributed by atoms with Crippen LogP contribution in [0.3, 0.4) is 0 Å². The molecule has 3 N–H and O–H groups in total. The van der Waals surface area contributed by atoms with Gasteiger partial charge in [0.15, 0.2) is 0 Å². The molecule has 2 aliphatic rings. The largest absolute Gasteiger partial charge is 0.490 e. The lowest BCUT2D eigenvalue weighted by atomic mass is 9.92. The molecule has 134 valence electrons. The normalized spacial score (nSPS) is 19.7. The predicted octanol–water partition coefficient (Wildman–Crippen LogP) is 2.41. The van der Waals surface area contributed by atoms with Crippen molar-refractivity contribution in [3.63, 3.8) is 0 Å². The highest BCUT2D eigenvalue weighted by atomic mass is 35.5. The van der Waals surface area contributed by atoms with Crippen LogP contribution in [0.5, 0.6) is 5.75 Å². The highest BCUT2D eigenvalue weighted by Crippen LogP contribution is 2.27. The Labute approximate surface area is 149 Å². The van der Waals surface area contributed by atoms with Gasteiger partial charge in [-0.15, -0.1) is 12.4 Å². The standard InChI is InChI=1S/C18H26N2O3.ClH/c19-17(13-8-10-22-11-9-13)18(21)20-12-14-4-1-2-7-16(14)23-15-5-3-6-15;/h1-2,4,7,13,15,17H,3,5-6,8-12,19H2,(H,20,21);1H. The Bertz CT molecular complexity index is 531. The molecule has 1 saturated heterocycles. The molecule has 1 amide bonds. The van der Waals surface area contributed by atoms with E-state index in [0.717, 1.165) is 37.0 Å². The van der Waals surface area contributed by atoms with Gasteiger partial charge in [0.1, 0.15) is 5.75 Å². The van der Waals surface area contributed by atoms with E-state index in [2.05, 4.69) is 5.32 Å². The van der Waals surface area contributed by atoms with E-state index in [1.54, 1.807) is 0 Å². The van der Waals surface area contributed by atoms with Gasteiger partial charge >= 0.3 is 0 Å². The molecule has 1 unspecified atom stereocenters. The Kier molecular flexibility index (Phi) is 7.34. The van der Waals surface area contributed by atoms with E-state index in [1.807, 2.05) is 24.3 Å². The number of benzene rings is 1. The first kappa shape index (κ1) is 19.0. The number of carbonyl (C=O) groups excluding carboxylic acids is 1. The smallest absolute Gasteiger partial charge is 0.237 e. The molecule has 0 spiro atoms. The summed E-state index contributed by atoms with van der Waals surface area (Å²) in [5, 5.41) is 2.96. The minimum Gasteiger partial charge on any atom is -0.490 e. The summed E-state index contributed by atoms with van der Waals surface area (Å²) in [7, 11) is 0. The first-order valence-electron chi connectivity index (χ1n) is 8.59. The van der Waals surface area contributed by atoms with Gasteiger partial charge in [-0.3, -0.25) is 4.79 Å². The lowest BCUT2D eigenvalue weighted by molar-refractivity contribution is -0.124. The number of carbonyl (C=O) groups is 1. The van der Waals surface area contributed by atoms with Crippen molar-refractivity contribution in [3.05, 3.63) is 29.8 Å². The molecule has 0 bridgehead atoms. The number of rotatable bonds is 6. The van der Waals surface area contributed by atoms with Crippen molar-refractivity contribution in [1.29, 1.82) is 0 Å². The minimum atomic E-state index is -0.460. The molecular formula is C18H27ClN2O3. The number of nitrogens with two attached hydrogens (primary N) is 1. The lowest BCUT2D eigenvalue weighted by Crippen LogP contribution is -2.46. The number of amides is 1. The average Bonchev–Trinajstić information content (AvgIpc) is 2.57. The van der Waals surface area contributed by atoms with Gasteiger partial charge in [0.2, 0.25) is 5.91 Å². The first-order valence-corrected chi connectivity index (χ1v) is 8.59. The van der Waals surface area contributed by atoms with Crippen molar-refractivity contribution in [2.75, 3.05) is 13.2 Å². The van der Waals surface area contributed by atoms with Gasteiger partial charge in [-0.1, -0.05) is 18.2 Å². The third-order valence-corrected chi connectivity index (χ3v) is 4.85. The van der Waals surface area contributed by atoms with Crippen molar-refractivity contribution < 1.29 is 14.3 Å². The number of halogens is 1. The fraction of sp³-hybridized carbons (Fsp3) is 0.611. The molecule has 1 aliphatic carbocycles. The zero-order chi connectivity index (χ0) is 16.1. The second-order valence-corrected chi connectivity index (χ2v) is 6.47. The number of ether oxygens (including phenoxy) is 2. The average molecular weight is 355 g/mol. The number of para-hydroxylation sites is 1. The Morgan fingerprint density at radius 3 is 2.62 bits per heavy atom. The third kappa shape index (κ3) is 4.85. The monoisotopic (exact) mass is 354 g/mol. The summed E-state index contributed by atoms with van der Waals surface area (Å²) in [5.74, 6) is 0.998. The molecule has 24 heavy (non-hydrogen) atoms. The molecule has 6 heteroatoms. The lowest BCUT2D eigenvalue weighted by Gasteiger charge is -2.28. The van der Waals surface area contributed by atoms with Crippen molar-refractivity contribution in [1.82, 2.24) is 5.32 Å². The van der Waals surface area contributed by atoms with Crippen LogP contribution in [0.1, 0.15) is 37.7 Å². The Hall–Kier alpha value is -1.30. The zero-order valence-corrected chi connectivity index (χ0v) is 14.7. The van der Waals surface area contributed by atoms with E-state index in [4.69, 9.17) is 15.2 Å². The van der Waals surface area contributed by atoms with Gasteiger partial charge in [-0.05, 0) is 44.1 Å². The highest BCUT2D eigenvalue weighted by molar-refractivity contribution is 5.85. The van der Waals surface area contributed by atoms with E-state index in [9.17, 15) is 4.79 Å². The summed E-state index contributed by atoms with van der Waals surface area (Å²) >= 11 is 0. The Morgan fingerprint density at radius 1 is 1.25 bits per heavy atom. The summed E-state index contributed by atoms with van der Waals surface area (Å²) < 4.78 is 11.3. The molecule has 3 rings (SSSR count). The van der Waals surface area contributed by atoms with Crippen LogP contribution in [-0.4, -0.2) is 31.3 Å². The maximum atomic E-state index is 12.3. The van der Waals surface area contributed by atoms with Crippen LogP contribution in [0, 0.1) is 5.92 Å².